The number of hydrogen-bond acceptors (Lipinski definition) is 6. The summed E-state index contributed by atoms with van der Waals surface area (Å²) in [5, 5.41) is 6.65. The van der Waals surface area contributed by atoms with Crippen LogP contribution in [0.2, 0.25) is 0 Å². The molecule has 1 heterocycles. The molecule has 1 atom stereocenters. The first-order chi connectivity index (χ1) is 9.76. The molecular formula is C14H26N4O2. The van der Waals surface area contributed by atoms with Crippen molar-refractivity contribution >= 4 is 11.6 Å². The van der Waals surface area contributed by atoms with Gasteiger partial charge in [0.1, 0.15) is 18.0 Å². The first-order valence-electron chi connectivity index (χ1n) is 7.10. The summed E-state index contributed by atoms with van der Waals surface area (Å²) >= 11 is 0. The number of methoxy groups -OCH3 is 2. The van der Waals surface area contributed by atoms with E-state index in [-0.39, 0.29) is 6.10 Å². The molecule has 114 valence electrons. The molecular weight excluding hydrogens is 256 g/mol. The first kappa shape index (κ1) is 16.7. The molecule has 0 saturated heterocycles. The van der Waals surface area contributed by atoms with Crippen LogP contribution in [0.5, 0.6) is 0 Å². The molecule has 6 nitrogen and oxygen atoms in total. The van der Waals surface area contributed by atoms with Gasteiger partial charge in [-0.15, -0.1) is 0 Å². The zero-order valence-electron chi connectivity index (χ0n) is 12.9. The Balaban J connectivity index is 2.73. The van der Waals surface area contributed by atoms with Crippen molar-refractivity contribution in [3.05, 3.63) is 11.9 Å². The van der Waals surface area contributed by atoms with Crippen LogP contribution in [-0.4, -0.2) is 50.0 Å². The Morgan fingerprint density at radius 1 is 1.15 bits per heavy atom. The zero-order valence-corrected chi connectivity index (χ0v) is 12.9. The maximum atomic E-state index is 5.33. The summed E-state index contributed by atoms with van der Waals surface area (Å²) in [5.41, 5.74) is 1.10. The number of anilines is 2. The van der Waals surface area contributed by atoms with Gasteiger partial charge in [0.05, 0.1) is 12.7 Å². The van der Waals surface area contributed by atoms with E-state index in [0.717, 1.165) is 36.6 Å². The summed E-state index contributed by atoms with van der Waals surface area (Å²) in [6.07, 6.45) is 3.52. The van der Waals surface area contributed by atoms with Crippen LogP contribution in [0.1, 0.15) is 25.8 Å². The van der Waals surface area contributed by atoms with Crippen molar-refractivity contribution < 1.29 is 9.47 Å². The fraction of sp³-hybridized carbons (Fsp3) is 0.714. The monoisotopic (exact) mass is 282 g/mol. The highest BCUT2D eigenvalue weighted by Crippen LogP contribution is 2.20. The molecule has 0 amide bonds. The number of nitrogens with one attached hydrogen (secondary N) is 2. The van der Waals surface area contributed by atoms with E-state index < -0.39 is 0 Å². The van der Waals surface area contributed by atoms with E-state index in [0.29, 0.717) is 13.2 Å². The van der Waals surface area contributed by atoms with Crippen molar-refractivity contribution in [2.75, 3.05) is 44.5 Å². The molecule has 2 N–H and O–H groups in total. The van der Waals surface area contributed by atoms with Crippen molar-refractivity contribution in [3.63, 3.8) is 0 Å². The van der Waals surface area contributed by atoms with Gasteiger partial charge in [0.2, 0.25) is 0 Å². The van der Waals surface area contributed by atoms with Gasteiger partial charge in [-0.25, -0.2) is 9.97 Å². The van der Waals surface area contributed by atoms with Gasteiger partial charge >= 0.3 is 0 Å². The highest BCUT2D eigenvalue weighted by Gasteiger charge is 2.12. The molecule has 0 bridgehead atoms. The number of ether oxygens (including phenoxy) is 2. The molecule has 1 aromatic rings. The van der Waals surface area contributed by atoms with Crippen LogP contribution in [0.15, 0.2) is 6.33 Å². The third-order valence-electron chi connectivity index (χ3n) is 3.02. The number of rotatable bonds is 10. The average molecular weight is 282 g/mol. The maximum absolute atomic E-state index is 5.33. The van der Waals surface area contributed by atoms with Gasteiger partial charge in [-0.2, -0.15) is 0 Å². The van der Waals surface area contributed by atoms with Crippen molar-refractivity contribution in [1.82, 2.24) is 9.97 Å². The quantitative estimate of drug-likeness (QED) is 0.683. The van der Waals surface area contributed by atoms with Crippen molar-refractivity contribution in [2.24, 2.45) is 0 Å². The Morgan fingerprint density at radius 3 is 2.40 bits per heavy atom. The molecule has 1 unspecified atom stereocenters. The minimum absolute atomic E-state index is 0.00622. The van der Waals surface area contributed by atoms with Crippen LogP contribution in [-0.2, 0) is 15.9 Å². The van der Waals surface area contributed by atoms with Crippen LogP contribution < -0.4 is 10.6 Å². The average Bonchev–Trinajstić information content (AvgIpc) is 2.49. The van der Waals surface area contributed by atoms with Crippen LogP contribution in [0.25, 0.3) is 0 Å². The van der Waals surface area contributed by atoms with Gasteiger partial charge in [-0.05, 0) is 12.8 Å². The molecule has 0 radical (unpaired) electrons. The Labute approximate surface area is 121 Å². The van der Waals surface area contributed by atoms with Crippen molar-refractivity contribution in [2.45, 2.75) is 32.8 Å². The molecule has 0 aliphatic carbocycles. The molecule has 0 aliphatic heterocycles. The fourth-order valence-corrected chi connectivity index (χ4v) is 1.90. The molecule has 0 aromatic carbocycles. The predicted molar refractivity (Wildman–Crippen MR) is 81.4 cm³/mol. The normalized spacial score (nSPS) is 12.2. The Hall–Kier alpha value is -1.40. The third kappa shape index (κ3) is 4.94. The molecule has 0 spiro atoms. The number of aromatic nitrogens is 2. The highest BCUT2D eigenvalue weighted by molar-refractivity contribution is 5.57. The van der Waals surface area contributed by atoms with E-state index in [2.05, 4.69) is 34.4 Å². The predicted octanol–water partition coefficient (Wildman–Crippen LogP) is 1.93. The minimum atomic E-state index is 0.00622. The van der Waals surface area contributed by atoms with Crippen LogP contribution in [0.4, 0.5) is 11.6 Å². The Morgan fingerprint density at radius 2 is 1.85 bits per heavy atom. The van der Waals surface area contributed by atoms with E-state index in [1.165, 1.54) is 0 Å². The third-order valence-corrected chi connectivity index (χ3v) is 3.02. The van der Waals surface area contributed by atoms with Gasteiger partial charge in [0.15, 0.2) is 0 Å². The zero-order chi connectivity index (χ0) is 14.8. The lowest BCUT2D eigenvalue weighted by molar-refractivity contribution is 0.0365. The van der Waals surface area contributed by atoms with Gasteiger partial charge in [0, 0.05) is 32.9 Å². The smallest absolute Gasteiger partial charge is 0.134 e. The maximum Gasteiger partial charge on any atom is 0.134 e. The summed E-state index contributed by atoms with van der Waals surface area (Å²) in [4.78, 5) is 8.64. The largest absolute Gasteiger partial charge is 0.382 e. The minimum Gasteiger partial charge on any atom is -0.382 e. The van der Waals surface area contributed by atoms with Gasteiger partial charge < -0.3 is 20.1 Å². The SMILES string of the molecule is CCCNc1ncnc(NCC(COC)OC)c1CC. The topological polar surface area (TPSA) is 68.3 Å². The molecule has 6 heteroatoms. The summed E-state index contributed by atoms with van der Waals surface area (Å²) in [6, 6.07) is 0. The Kier molecular flexibility index (Phi) is 7.91. The summed E-state index contributed by atoms with van der Waals surface area (Å²) < 4.78 is 10.4. The van der Waals surface area contributed by atoms with E-state index in [4.69, 9.17) is 9.47 Å². The van der Waals surface area contributed by atoms with Crippen molar-refractivity contribution in [1.29, 1.82) is 0 Å². The van der Waals surface area contributed by atoms with Crippen LogP contribution in [0, 0.1) is 0 Å². The summed E-state index contributed by atoms with van der Waals surface area (Å²) in [7, 11) is 3.35. The molecule has 1 aromatic heterocycles. The highest BCUT2D eigenvalue weighted by atomic mass is 16.5. The lowest BCUT2D eigenvalue weighted by Gasteiger charge is -2.18. The second-order valence-electron chi connectivity index (χ2n) is 4.52. The number of hydrogen-bond donors (Lipinski definition) is 2. The van der Waals surface area contributed by atoms with Crippen LogP contribution in [0.3, 0.4) is 0 Å². The molecule has 0 fully saturated rings. The molecule has 0 aliphatic rings. The molecule has 0 saturated carbocycles. The summed E-state index contributed by atoms with van der Waals surface area (Å²) in [6.45, 7) is 6.35. The van der Waals surface area contributed by atoms with Gasteiger partial charge in [-0.3, -0.25) is 0 Å². The van der Waals surface area contributed by atoms with E-state index in [9.17, 15) is 0 Å². The molecule has 20 heavy (non-hydrogen) atoms. The van der Waals surface area contributed by atoms with E-state index >= 15 is 0 Å². The van der Waals surface area contributed by atoms with Gasteiger partial charge in [-0.1, -0.05) is 13.8 Å². The van der Waals surface area contributed by atoms with E-state index in [1.54, 1.807) is 20.5 Å². The van der Waals surface area contributed by atoms with Crippen LogP contribution >= 0.6 is 0 Å². The second-order valence-corrected chi connectivity index (χ2v) is 4.52. The second kappa shape index (κ2) is 9.50. The fourth-order valence-electron chi connectivity index (χ4n) is 1.90. The molecule has 1 rings (SSSR count). The number of nitrogens with zero attached hydrogens (tertiary/aromatic N) is 2. The lowest BCUT2D eigenvalue weighted by Crippen LogP contribution is -2.27. The van der Waals surface area contributed by atoms with E-state index in [1.807, 2.05) is 0 Å². The summed E-state index contributed by atoms with van der Waals surface area (Å²) in [5.74, 6) is 1.77. The standard InChI is InChI=1S/C14H26N4O2/c1-5-7-15-13-12(6-2)14(18-10-17-13)16-8-11(20-4)9-19-3/h10-11H,5-9H2,1-4H3,(H2,15,16,17,18). The Bertz CT molecular complexity index is 387. The van der Waals surface area contributed by atoms with Gasteiger partial charge in [0.25, 0.3) is 0 Å². The first-order valence-corrected chi connectivity index (χ1v) is 7.10. The van der Waals surface area contributed by atoms with Crippen molar-refractivity contribution in [3.8, 4) is 0 Å². The lowest BCUT2D eigenvalue weighted by atomic mass is 10.2.